The van der Waals surface area contributed by atoms with Crippen LogP contribution in [0.15, 0.2) is 42.5 Å². The van der Waals surface area contributed by atoms with Crippen LogP contribution in [0.2, 0.25) is 0 Å². The topological polar surface area (TPSA) is 196 Å². The van der Waals surface area contributed by atoms with Gasteiger partial charge in [-0.25, -0.2) is 17.6 Å². The largest absolute Gasteiger partial charge is 0.488 e. The molecule has 274 valence electrons. The molecule has 51 heavy (non-hydrogen) atoms. The molecule has 15 nitrogen and oxygen atoms in total. The highest BCUT2D eigenvalue weighted by molar-refractivity contribution is 5.80. The Morgan fingerprint density at radius 3 is 1.39 bits per heavy atom. The van der Waals surface area contributed by atoms with Crippen LogP contribution in [0.1, 0.15) is 0 Å². The van der Waals surface area contributed by atoms with Crippen LogP contribution in [-0.4, -0.2) is 110 Å². The maximum atomic E-state index is 14.5. The minimum atomic E-state index is -1.36. The van der Waals surface area contributed by atoms with Crippen molar-refractivity contribution >= 4 is 40.9 Å². The van der Waals surface area contributed by atoms with Crippen LogP contribution in [0, 0.1) is 23.3 Å². The molecule has 0 amide bonds. The average molecular weight is 726 g/mol. The zero-order valence-electron chi connectivity index (χ0n) is 26.5. The van der Waals surface area contributed by atoms with Gasteiger partial charge in [-0.3, -0.25) is 19.2 Å². The Kier molecular flexibility index (Phi) is 12.6. The second-order valence-corrected chi connectivity index (χ2v) is 10.8. The highest BCUT2D eigenvalue weighted by atomic mass is 19.2. The number of ether oxygens (including phenoxy) is 4. The number of benzene rings is 3. The van der Waals surface area contributed by atoms with Gasteiger partial charge in [0.05, 0.1) is 24.5 Å². The summed E-state index contributed by atoms with van der Waals surface area (Å²) in [4.78, 5) is 49.7. The Labute approximate surface area is 286 Å². The number of anilines is 3. The lowest BCUT2D eigenvalue weighted by Crippen LogP contribution is -2.35. The fourth-order valence-corrected chi connectivity index (χ4v) is 4.98. The molecule has 0 saturated carbocycles. The molecule has 0 atom stereocenters. The molecule has 0 spiro atoms. The Balaban J connectivity index is 1.80. The number of hydrogen-bond donors (Lipinski definition) is 4. The van der Waals surface area contributed by atoms with E-state index in [0.717, 1.165) is 14.7 Å². The van der Waals surface area contributed by atoms with E-state index < -0.39 is 86.5 Å². The second kappa shape index (κ2) is 17.0. The third-order valence-electron chi connectivity index (χ3n) is 7.12. The molecule has 0 saturated heterocycles. The molecule has 0 aromatic heterocycles. The fraction of sp³-hybridized carbons (Fsp3) is 0.312. The smallest absolute Gasteiger partial charge is 0.323 e. The van der Waals surface area contributed by atoms with Crippen LogP contribution in [0.5, 0.6) is 23.0 Å². The zero-order valence-corrected chi connectivity index (χ0v) is 26.5. The zero-order chi connectivity index (χ0) is 37.2. The lowest BCUT2D eigenvalue weighted by molar-refractivity contribution is -0.137. The number of fused-ring (bicyclic) bond motifs is 3. The van der Waals surface area contributed by atoms with E-state index in [2.05, 4.69) is 0 Å². The SMILES string of the molecule is O=C(O)CN(CC(=O)O)c1ccc2c(c1)OCCN(CC(=O)O)c1cc(F)c(F)cc1OCCOc1cc(F)c(F)cc1N(CC(=O)O)CCO2. The summed E-state index contributed by atoms with van der Waals surface area (Å²) in [5.74, 6) is -11.5. The van der Waals surface area contributed by atoms with Crippen LogP contribution in [0.3, 0.4) is 0 Å². The summed E-state index contributed by atoms with van der Waals surface area (Å²) < 4.78 is 80.5. The van der Waals surface area contributed by atoms with Gasteiger partial charge in [0.15, 0.2) is 34.8 Å². The van der Waals surface area contributed by atoms with Crippen molar-refractivity contribution in [2.24, 2.45) is 0 Å². The standard InChI is InChI=1S/C32H31F4N3O12/c33-19-10-23-26(12-21(19)35)50-7-8-51-27-13-22(36)20(34)11-24(27)38(15-30(42)43)4-6-49-28-9-18(39(16-31(44)45)17-32(46)47)1-2-25(28)48-5-3-37(23)14-29(40)41/h1-2,9-13H,3-8,14-17H2,(H,40,41)(H,42,43)(H,44,45)(H,46,47). The molecule has 3 aromatic carbocycles. The highest BCUT2D eigenvalue weighted by Gasteiger charge is 2.23. The monoisotopic (exact) mass is 725 g/mol. The molecule has 0 aliphatic carbocycles. The Hall–Kier alpha value is -6.14. The van der Waals surface area contributed by atoms with Gasteiger partial charge in [0.2, 0.25) is 0 Å². The first kappa shape index (κ1) is 37.7. The van der Waals surface area contributed by atoms with Crippen molar-refractivity contribution in [2.75, 3.05) is 80.4 Å². The van der Waals surface area contributed by atoms with Gasteiger partial charge in [0.25, 0.3) is 0 Å². The molecule has 1 aliphatic rings. The van der Waals surface area contributed by atoms with E-state index in [4.69, 9.17) is 18.9 Å². The number of carbonyl (C=O) groups is 4. The normalized spacial score (nSPS) is 13.7. The predicted octanol–water partition coefficient (Wildman–Crippen LogP) is 2.93. The van der Waals surface area contributed by atoms with Crippen molar-refractivity contribution in [3.8, 4) is 23.0 Å². The first-order valence-corrected chi connectivity index (χ1v) is 15.0. The van der Waals surface area contributed by atoms with Gasteiger partial charge in [0, 0.05) is 36.0 Å². The Morgan fingerprint density at radius 1 is 0.549 bits per heavy atom. The molecule has 0 fully saturated rings. The van der Waals surface area contributed by atoms with Gasteiger partial charge in [-0.15, -0.1) is 0 Å². The van der Waals surface area contributed by atoms with E-state index in [9.17, 15) is 57.2 Å². The van der Waals surface area contributed by atoms with Gasteiger partial charge in [-0.1, -0.05) is 0 Å². The second-order valence-electron chi connectivity index (χ2n) is 10.8. The summed E-state index contributed by atoms with van der Waals surface area (Å²) in [6, 6.07) is 6.67. The van der Waals surface area contributed by atoms with Gasteiger partial charge in [0.1, 0.15) is 64.1 Å². The molecular formula is C32H31F4N3O12. The van der Waals surface area contributed by atoms with Crippen molar-refractivity contribution in [1.29, 1.82) is 0 Å². The van der Waals surface area contributed by atoms with Crippen LogP contribution in [0.25, 0.3) is 0 Å². The number of carboxylic acid groups (broad SMARTS) is 4. The maximum absolute atomic E-state index is 14.5. The summed E-state index contributed by atoms with van der Waals surface area (Å²) in [6.07, 6.45) is 0. The first-order valence-electron chi connectivity index (χ1n) is 15.0. The third kappa shape index (κ3) is 10.4. The summed E-state index contributed by atoms with van der Waals surface area (Å²) >= 11 is 0. The minimum Gasteiger partial charge on any atom is -0.488 e. The van der Waals surface area contributed by atoms with Crippen LogP contribution >= 0.6 is 0 Å². The third-order valence-corrected chi connectivity index (χ3v) is 7.12. The molecule has 0 radical (unpaired) electrons. The van der Waals surface area contributed by atoms with Crippen molar-refractivity contribution in [3.63, 3.8) is 0 Å². The summed E-state index contributed by atoms with van der Waals surface area (Å²) in [6.45, 7) is -4.90. The van der Waals surface area contributed by atoms with E-state index in [1.54, 1.807) is 0 Å². The van der Waals surface area contributed by atoms with Gasteiger partial charge < -0.3 is 54.1 Å². The van der Waals surface area contributed by atoms with Crippen molar-refractivity contribution in [2.45, 2.75) is 0 Å². The lowest BCUT2D eigenvalue weighted by atomic mass is 10.2. The number of rotatable bonds is 9. The van der Waals surface area contributed by atoms with Gasteiger partial charge >= 0.3 is 23.9 Å². The number of hydrogen-bond acceptors (Lipinski definition) is 11. The van der Waals surface area contributed by atoms with Crippen molar-refractivity contribution in [3.05, 3.63) is 65.7 Å². The Bertz CT molecular complexity index is 1760. The van der Waals surface area contributed by atoms with Crippen LogP contribution in [-0.2, 0) is 19.2 Å². The molecule has 4 rings (SSSR count). The molecule has 3 aromatic rings. The number of carboxylic acids is 4. The molecular weight excluding hydrogens is 694 g/mol. The Morgan fingerprint density at radius 2 is 0.961 bits per heavy atom. The van der Waals surface area contributed by atoms with E-state index in [1.807, 2.05) is 0 Å². The maximum Gasteiger partial charge on any atom is 0.323 e. The van der Waals surface area contributed by atoms with Crippen LogP contribution < -0.4 is 33.6 Å². The van der Waals surface area contributed by atoms with Crippen molar-refractivity contribution < 1.29 is 76.1 Å². The lowest BCUT2D eigenvalue weighted by Gasteiger charge is -2.28. The van der Waals surface area contributed by atoms with E-state index in [0.29, 0.717) is 24.3 Å². The van der Waals surface area contributed by atoms with E-state index >= 15 is 0 Å². The molecule has 19 heteroatoms. The average Bonchev–Trinajstić information content (AvgIpc) is 3.04. The van der Waals surface area contributed by atoms with Gasteiger partial charge in [-0.2, -0.15) is 0 Å². The fourth-order valence-electron chi connectivity index (χ4n) is 4.98. The predicted molar refractivity (Wildman–Crippen MR) is 168 cm³/mol. The summed E-state index contributed by atoms with van der Waals surface area (Å²) in [5, 5.41) is 37.8. The summed E-state index contributed by atoms with van der Waals surface area (Å²) in [5.41, 5.74) is -0.326. The van der Waals surface area contributed by atoms with Crippen molar-refractivity contribution in [1.82, 2.24) is 0 Å². The number of halogens is 4. The molecule has 0 bridgehead atoms. The first-order chi connectivity index (χ1) is 24.2. The van der Waals surface area contributed by atoms with Gasteiger partial charge in [-0.05, 0) is 12.1 Å². The molecule has 4 N–H and O–H groups in total. The number of nitrogens with zero attached hydrogens (tertiary/aromatic N) is 3. The van der Waals surface area contributed by atoms with E-state index in [-0.39, 0.29) is 66.4 Å². The van der Waals surface area contributed by atoms with Crippen LogP contribution in [0.4, 0.5) is 34.6 Å². The quantitative estimate of drug-likeness (QED) is 0.235. The summed E-state index contributed by atoms with van der Waals surface area (Å²) in [7, 11) is 0. The molecule has 1 heterocycles. The highest BCUT2D eigenvalue weighted by Crippen LogP contribution is 2.35. The van der Waals surface area contributed by atoms with E-state index in [1.165, 1.54) is 18.2 Å². The molecule has 0 unspecified atom stereocenters. The molecule has 1 aliphatic heterocycles. The minimum absolute atomic E-state index is 0.0239. The number of aliphatic carboxylic acids is 4.